The molecule has 0 unspecified atom stereocenters. The van der Waals surface area contributed by atoms with Crippen LogP contribution in [0.5, 0.6) is 0 Å². The van der Waals surface area contributed by atoms with E-state index in [1.165, 1.54) is 12.1 Å². The number of rotatable bonds is 2. The predicted octanol–water partition coefficient (Wildman–Crippen LogP) is 4.65. The van der Waals surface area contributed by atoms with E-state index in [1.807, 2.05) is 0 Å². The molecular weight excluding hydrogens is 327 g/mol. The first-order valence-corrected chi connectivity index (χ1v) is 8.55. The standard InChI is InChI=1S/C20H18F3NO/c21-15-3-1-12(2-4-15)13-9-18-5-6-19(10-13)24(18)20(25)14-7-16(22)11-17(23)8-14/h1-4,7-8,11,13,18-19H,5-6,9-10H2/t18-,19-/m1/s1. The molecule has 2 aromatic carbocycles. The first kappa shape index (κ1) is 16.2. The molecule has 2 fully saturated rings. The van der Waals surface area contributed by atoms with Crippen LogP contribution < -0.4 is 0 Å². The third-order valence-electron chi connectivity index (χ3n) is 5.42. The van der Waals surface area contributed by atoms with Gasteiger partial charge in [-0.3, -0.25) is 4.79 Å². The summed E-state index contributed by atoms with van der Waals surface area (Å²) in [6.45, 7) is 0. The van der Waals surface area contributed by atoms with Gasteiger partial charge in [-0.2, -0.15) is 0 Å². The highest BCUT2D eigenvalue weighted by molar-refractivity contribution is 5.95. The van der Waals surface area contributed by atoms with E-state index in [0.717, 1.165) is 49.4 Å². The van der Waals surface area contributed by atoms with Crippen molar-refractivity contribution in [1.29, 1.82) is 0 Å². The summed E-state index contributed by atoms with van der Waals surface area (Å²) in [6.07, 6.45) is 3.38. The number of fused-ring (bicyclic) bond motifs is 2. The van der Waals surface area contributed by atoms with E-state index in [1.54, 1.807) is 17.0 Å². The van der Waals surface area contributed by atoms with E-state index in [-0.39, 0.29) is 35.3 Å². The Hall–Kier alpha value is -2.30. The van der Waals surface area contributed by atoms with Crippen molar-refractivity contribution in [3.8, 4) is 0 Å². The van der Waals surface area contributed by atoms with Crippen LogP contribution in [0, 0.1) is 17.5 Å². The smallest absolute Gasteiger partial charge is 0.254 e. The van der Waals surface area contributed by atoms with Crippen molar-refractivity contribution >= 4 is 5.91 Å². The van der Waals surface area contributed by atoms with Crippen LogP contribution in [-0.2, 0) is 0 Å². The van der Waals surface area contributed by atoms with E-state index in [9.17, 15) is 18.0 Å². The SMILES string of the molecule is O=C(c1cc(F)cc(F)c1)N1[C@@H]2CC[C@@H]1CC(c1ccc(F)cc1)C2. The van der Waals surface area contributed by atoms with Crippen molar-refractivity contribution in [1.82, 2.24) is 4.90 Å². The number of benzene rings is 2. The number of nitrogens with zero attached hydrogens (tertiary/aromatic N) is 1. The summed E-state index contributed by atoms with van der Waals surface area (Å²) < 4.78 is 40.0. The molecule has 0 saturated carbocycles. The zero-order valence-corrected chi connectivity index (χ0v) is 13.6. The van der Waals surface area contributed by atoms with Gasteiger partial charge in [0.2, 0.25) is 0 Å². The minimum Gasteiger partial charge on any atom is -0.333 e. The molecule has 2 aliphatic rings. The average Bonchev–Trinajstić information content (AvgIpc) is 2.83. The molecule has 25 heavy (non-hydrogen) atoms. The maximum Gasteiger partial charge on any atom is 0.254 e. The van der Waals surface area contributed by atoms with Gasteiger partial charge in [-0.25, -0.2) is 13.2 Å². The van der Waals surface area contributed by atoms with Crippen LogP contribution in [0.2, 0.25) is 0 Å². The first-order valence-electron chi connectivity index (χ1n) is 8.55. The van der Waals surface area contributed by atoms with Crippen LogP contribution in [0.4, 0.5) is 13.2 Å². The molecule has 1 amide bonds. The second-order valence-electron chi connectivity index (χ2n) is 6.98. The second kappa shape index (κ2) is 6.21. The first-order chi connectivity index (χ1) is 12.0. The maximum atomic E-state index is 13.4. The fourth-order valence-electron chi connectivity index (χ4n) is 4.34. The normalized spacial score (nSPS) is 25.2. The number of hydrogen-bond acceptors (Lipinski definition) is 1. The van der Waals surface area contributed by atoms with E-state index in [4.69, 9.17) is 0 Å². The summed E-state index contributed by atoms with van der Waals surface area (Å²) in [5.74, 6) is -1.75. The Kier molecular flexibility index (Phi) is 4.02. The van der Waals surface area contributed by atoms with Crippen LogP contribution in [0.15, 0.2) is 42.5 Å². The van der Waals surface area contributed by atoms with Crippen molar-refractivity contribution < 1.29 is 18.0 Å². The molecular formula is C20H18F3NO. The Morgan fingerprint density at radius 1 is 0.840 bits per heavy atom. The lowest BCUT2D eigenvalue weighted by Crippen LogP contribution is -2.46. The Bertz CT molecular complexity index is 771. The molecule has 0 radical (unpaired) electrons. The molecule has 0 aliphatic carbocycles. The second-order valence-corrected chi connectivity index (χ2v) is 6.98. The summed E-state index contributed by atoms with van der Waals surface area (Å²) in [7, 11) is 0. The predicted molar refractivity (Wildman–Crippen MR) is 87.7 cm³/mol. The molecule has 2 heterocycles. The lowest BCUT2D eigenvalue weighted by Gasteiger charge is -2.39. The van der Waals surface area contributed by atoms with Crippen molar-refractivity contribution in [2.45, 2.75) is 43.7 Å². The number of carbonyl (C=O) groups excluding carboxylic acids is 1. The Balaban J connectivity index is 1.56. The Morgan fingerprint density at radius 3 is 1.96 bits per heavy atom. The minimum atomic E-state index is -0.739. The van der Waals surface area contributed by atoms with Gasteiger partial charge in [0.05, 0.1) is 0 Å². The summed E-state index contributed by atoms with van der Waals surface area (Å²) >= 11 is 0. The molecule has 4 rings (SSSR count). The highest BCUT2D eigenvalue weighted by Gasteiger charge is 2.43. The fraction of sp³-hybridized carbons (Fsp3) is 0.350. The third kappa shape index (κ3) is 3.03. The zero-order valence-electron chi connectivity index (χ0n) is 13.6. The van der Waals surface area contributed by atoms with Crippen molar-refractivity contribution in [2.24, 2.45) is 0 Å². The van der Waals surface area contributed by atoms with Gasteiger partial charge < -0.3 is 4.90 Å². The lowest BCUT2D eigenvalue weighted by molar-refractivity contribution is 0.0570. The van der Waals surface area contributed by atoms with E-state index in [2.05, 4.69) is 0 Å². The molecule has 2 bridgehead atoms. The van der Waals surface area contributed by atoms with Crippen LogP contribution in [0.25, 0.3) is 0 Å². The van der Waals surface area contributed by atoms with Gasteiger partial charge in [-0.15, -0.1) is 0 Å². The molecule has 130 valence electrons. The Labute approximate surface area is 144 Å². The van der Waals surface area contributed by atoms with Gasteiger partial charge in [0.15, 0.2) is 0 Å². The van der Waals surface area contributed by atoms with Gasteiger partial charge in [-0.05, 0) is 61.4 Å². The summed E-state index contributed by atoms with van der Waals surface area (Å²) in [4.78, 5) is 14.6. The molecule has 0 aromatic heterocycles. The molecule has 2 saturated heterocycles. The third-order valence-corrected chi connectivity index (χ3v) is 5.42. The molecule has 2 nitrogen and oxygen atoms in total. The van der Waals surface area contributed by atoms with Gasteiger partial charge in [0.25, 0.3) is 5.91 Å². The summed E-state index contributed by atoms with van der Waals surface area (Å²) in [5, 5.41) is 0. The van der Waals surface area contributed by atoms with Crippen molar-refractivity contribution in [3.05, 3.63) is 71.0 Å². The van der Waals surface area contributed by atoms with E-state index in [0.29, 0.717) is 0 Å². The van der Waals surface area contributed by atoms with E-state index >= 15 is 0 Å². The maximum absolute atomic E-state index is 13.4. The quantitative estimate of drug-likeness (QED) is 0.775. The lowest BCUT2D eigenvalue weighted by atomic mass is 9.85. The highest BCUT2D eigenvalue weighted by Crippen LogP contribution is 2.43. The molecule has 2 atom stereocenters. The summed E-state index contributed by atoms with van der Waals surface area (Å²) in [6, 6.07) is 9.62. The van der Waals surface area contributed by atoms with Gasteiger partial charge in [0, 0.05) is 23.7 Å². The minimum absolute atomic E-state index is 0.0626. The van der Waals surface area contributed by atoms with Crippen molar-refractivity contribution in [2.75, 3.05) is 0 Å². The number of amides is 1. The number of piperidine rings is 1. The molecule has 5 heteroatoms. The number of halogens is 3. The Morgan fingerprint density at radius 2 is 1.40 bits per heavy atom. The van der Waals surface area contributed by atoms with Crippen LogP contribution >= 0.6 is 0 Å². The van der Waals surface area contributed by atoms with Crippen LogP contribution in [-0.4, -0.2) is 22.9 Å². The molecule has 2 aliphatic heterocycles. The molecule has 0 spiro atoms. The molecule has 0 N–H and O–H groups in total. The summed E-state index contributed by atoms with van der Waals surface area (Å²) in [5.41, 5.74) is 1.15. The van der Waals surface area contributed by atoms with Gasteiger partial charge in [-0.1, -0.05) is 12.1 Å². The van der Waals surface area contributed by atoms with Gasteiger partial charge >= 0.3 is 0 Å². The zero-order chi connectivity index (χ0) is 17.6. The topological polar surface area (TPSA) is 20.3 Å². The fourth-order valence-corrected chi connectivity index (χ4v) is 4.34. The van der Waals surface area contributed by atoms with Crippen LogP contribution in [0.1, 0.15) is 47.5 Å². The molecule has 2 aromatic rings. The van der Waals surface area contributed by atoms with Gasteiger partial charge in [0.1, 0.15) is 17.5 Å². The van der Waals surface area contributed by atoms with Crippen molar-refractivity contribution in [3.63, 3.8) is 0 Å². The number of carbonyl (C=O) groups is 1. The average molecular weight is 345 g/mol. The highest BCUT2D eigenvalue weighted by atomic mass is 19.1. The number of hydrogen-bond donors (Lipinski definition) is 0. The largest absolute Gasteiger partial charge is 0.333 e. The van der Waals surface area contributed by atoms with Crippen LogP contribution in [0.3, 0.4) is 0 Å². The van der Waals surface area contributed by atoms with E-state index < -0.39 is 11.6 Å². The monoisotopic (exact) mass is 345 g/mol.